The standard InChI is InChI=1S/C27H36FN7O2/c1-33-13-4-6-20(33)18-37-27-31-23-17-34(24-9-3-8-22(28)25(24)36-2)14-5-7-21(23)26(32-27)35-15-12-30-19(16-35)10-11-29/h3,8-9,19-20,30H,4-7,10,12-18H2,1-2H3/t19?,20-/m0/s1. The maximum atomic E-state index is 14.5. The Kier molecular flexibility index (Phi) is 7.91. The lowest BCUT2D eigenvalue weighted by atomic mass is 10.1. The molecule has 0 aliphatic carbocycles. The molecule has 0 amide bonds. The molecule has 2 fully saturated rings. The summed E-state index contributed by atoms with van der Waals surface area (Å²) < 4.78 is 26.2. The van der Waals surface area contributed by atoms with Crippen molar-refractivity contribution in [3.63, 3.8) is 0 Å². The molecule has 37 heavy (non-hydrogen) atoms. The van der Waals surface area contributed by atoms with Crippen molar-refractivity contribution < 1.29 is 13.9 Å². The number of anilines is 2. The van der Waals surface area contributed by atoms with Gasteiger partial charge < -0.3 is 29.5 Å². The number of hydrogen-bond donors (Lipinski definition) is 1. The zero-order valence-electron chi connectivity index (χ0n) is 21.7. The van der Waals surface area contributed by atoms with E-state index in [9.17, 15) is 9.65 Å². The van der Waals surface area contributed by atoms with Crippen LogP contribution in [0.25, 0.3) is 0 Å². The van der Waals surface area contributed by atoms with Gasteiger partial charge in [-0.3, -0.25) is 0 Å². The van der Waals surface area contributed by atoms with E-state index < -0.39 is 0 Å². The van der Waals surface area contributed by atoms with Gasteiger partial charge in [-0.15, -0.1) is 0 Å². The van der Waals surface area contributed by atoms with Crippen LogP contribution in [0, 0.1) is 17.1 Å². The highest BCUT2D eigenvalue weighted by Gasteiger charge is 2.29. The molecule has 198 valence electrons. The van der Waals surface area contributed by atoms with E-state index in [0.29, 0.717) is 38.2 Å². The lowest BCUT2D eigenvalue weighted by Crippen LogP contribution is -2.51. The van der Waals surface area contributed by atoms with Crippen LogP contribution in [0.4, 0.5) is 15.9 Å². The molecule has 9 nitrogen and oxygen atoms in total. The molecule has 4 heterocycles. The molecule has 1 aromatic carbocycles. The molecule has 10 heteroatoms. The quantitative estimate of drug-likeness (QED) is 0.605. The van der Waals surface area contributed by atoms with E-state index in [4.69, 9.17) is 19.4 Å². The number of methoxy groups -OCH3 is 1. The number of aromatic nitrogens is 2. The van der Waals surface area contributed by atoms with Gasteiger partial charge in [-0.25, -0.2) is 4.39 Å². The average molecular weight is 510 g/mol. The van der Waals surface area contributed by atoms with Crippen LogP contribution in [0.2, 0.25) is 0 Å². The average Bonchev–Trinajstić information content (AvgIpc) is 3.19. The van der Waals surface area contributed by atoms with Crippen molar-refractivity contribution >= 4 is 11.5 Å². The highest BCUT2D eigenvalue weighted by atomic mass is 19.1. The third-order valence-corrected chi connectivity index (χ3v) is 7.71. The van der Waals surface area contributed by atoms with Gasteiger partial charge in [0.2, 0.25) is 0 Å². The van der Waals surface area contributed by atoms with Crippen molar-refractivity contribution in [2.75, 3.05) is 63.3 Å². The van der Waals surface area contributed by atoms with E-state index in [1.807, 2.05) is 6.07 Å². The fourth-order valence-corrected chi connectivity index (χ4v) is 5.69. The minimum Gasteiger partial charge on any atom is -0.492 e. The van der Waals surface area contributed by atoms with Crippen LogP contribution >= 0.6 is 0 Å². The number of piperazine rings is 1. The van der Waals surface area contributed by atoms with Crippen molar-refractivity contribution in [3.05, 3.63) is 35.3 Å². The normalized spacial score (nSPS) is 22.3. The zero-order chi connectivity index (χ0) is 25.8. The Labute approximate surface area is 218 Å². The van der Waals surface area contributed by atoms with E-state index in [2.05, 4.69) is 33.1 Å². The molecular weight excluding hydrogens is 473 g/mol. The second kappa shape index (κ2) is 11.5. The molecular formula is C27H36FN7O2. The summed E-state index contributed by atoms with van der Waals surface area (Å²) in [7, 11) is 3.63. The number of halogens is 1. The van der Waals surface area contributed by atoms with E-state index in [0.717, 1.165) is 68.2 Å². The molecule has 0 spiro atoms. The predicted molar refractivity (Wildman–Crippen MR) is 140 cm³/mol. The van der Waals surface area contributed by atoms with E-state index in [1.54, 1.807) is 6.07 Å². The first-order valence-corrected chi connectivity index (χ1v) is 13.2. The molecule has 3 aliphatic heterocycles. The Morgan fingerprint density at radius 3 is 2.86 bits per heavy atom. The number of likely N-dealkylation sites (tertiary alicyclic amines) is 1. The van der Waals surface area contributed by atoms with Crippen molar-refractivity contribution in [3.8, 4) is 17.8 Å². The van der Waals surface area contributed by atoms with Gasteiger partial charge in [0.15, 0.2) is 11.6 Å². The minimum atomic E-state index is -0.373. The lowest BCUT2D eigenvalue weighted by Gasteiger charge is -2.35. The van der Waals surface area contributed by atoms with Gasteiger partial charge in [-0.2, -0.15) is 15.2 Å². The van der Waals surface area contributed by atoms with Crippen LogP contribution in [0.5, 0.6) is 11.8 Å². The highest BCUT2D eigenvalue weighted by Crippen LogP contribution is 2.36. The Hall–Kier alpha value is -3.16. The van der Waals surface area contributed by atoms with Crippen LogP contribution in [-0.4, -0.2) is 80.4 Å². The van der Waals surface area contributed by atoms with Gasteiger partial charge in [0, 0.05) is 43.8 Å². The number of benzene rings is 1. The summed E-state index contributed by atoms with van der Waals surface area (Å²) in [5.41, 5.74) is 2.74. The second-order valence-electron chi connectivity index (χ2n) is 10.1. The fourth-order valence-electron chi connectivity index (χ4n) is 5.69. The van der Waals surface area contributed by atoms with Crippen LogP contribution in [-0.2, 0) is 13.0 Å². The summed E-state index contributed by atoms with van der Waals surface area (Å²) in [4.78, 5) is 16.6. The van der Waals surface area contributed by atoms with Crippen molar-refractivity contribution in [2.24, 2.45) is 0 Å². The zero-order valence-corrected chi connectivity index (χ0v) is 21.7. The van der Waals surface area contributed by atoms with Gasteiger partial charge in [-0.1, -0.05) is 6.07 Å². The van der Waals surface area contributed by atoms with E-state index >= 15 is 0 Å². The van der Waals surface area contributed by atoms with E-state index in [1.165, 1.54) is 19.6 Å². The Bertz CT molecular complexity index is 1140. The molecule has 1 aromatic heterocycles. The van der Waals surface area contributed by atoms with Gasteiger partial charge in [0.25, 0.3) is 0 Å². The molecule has 1 unspecified atom stereocenters. The number of likely N-dealkylation sites (N-methyl/N-ethyl adjacent to an activating group) is 1. The van der Waals surface area contributed by atoms with Crippen molar-refractivity contribution in [2.45, 2.75) is 50.7 Å². The maximum Gasteiger partial charge on any atom is 0.318 e. The Morgan fingerprint density at radius 2 is 2.08 bits per heavy atom. The van der Waals surface area contributed by atoms with Gasteiger partial charge in [0.1, 0.15) is 12.4 Å². The largest absolute Gasteiger partial charge is 0.492 e. The second-order valence-corrected chi connectivity index (χ2v) is 10.1. The number of fused-ring (bicyclic) bond motifs is 1. The molecule has 0 saturated carbocycles. The van der Waals surface area contributed by atoms with E-state index in [-0.39, 0.29) is 17.6 Å². The highest BCUT2D eigenvalue weighted by molar-refractivity contribution is 5.61. The smallest absolute Gasteiger partial charge is 0.318 e. The third kappa shape index (κ3) is 5.58. The van der Waals surface area contributed by atoms with Crippen LogP contribution in [0.15, 0.2) is 18.2 Å². The Balaban J connectivity index is 1.48. The summed E-state index contributed by atoms with van der Waals surface area (Å²) in [5, 5.41) is 12.7. The number of nitriles is 1. The minimum absolute atomic E-state index is 0.0969. The Morgan fingerprint density at radius 1 is 1.19 bits per heavy atom. The van der Waals surface area contributed by atoms with Crippen molar-refractivity contribution in [1.82, 2.24) is 20.2 Å². The molecule has 2 aromatic rings. The first kappa shape index (κ1) is 25.5. The van der Waals surface area contributed by atoms with Crippen LogP contribution in [0.3, 0.4) is 0 Å². The molecule has 2 atom stereocenters. The number of nitrogens with zero attached hydrogens (tertiary/aromatic N) is 6. The third-order valence-electron chi connectivity index (χ3n) is 7.71. The molecule has 0 bridgehead atoms. The fraction of sp³-hybridized carbons (Fsp3) is 0.593. The summed E-state index contributed by atoms with van der Waals surface area (Å²) in [6, 6.07) is 8.16. The predicted octanol–water partition coefficient (Wildman–Crippen LogP) is 2.74. The summed E-state index contributed by atoms with van der Waals surface area (Å²) >= 11 is 0. The first-order valence-electron chi connectivity index (χ1n) is 13.2. The van der Waals surface area contributed by atoms with Crippen molar-refractivity contribution in [1.29, 1.82) is 5.26 Å². The first-order chi connectivity index (χ1) is 18.1. The van der Waals surface area contributed by atoms with Gasteiger partial charge in [0.05, 0.1) is 37.5 Å². The summed E-state index contributed by atoms with van der Waals surface area (Å²) in [5.74, 6) is 0.779. The molecule has 2 saturated heterocycles. The summed E-state index contributed by atoms with van der Waals surface area (Å²) in [6.07, 6.45) is 4.43. The number of rotatable bonds is 7. The lowest BCUT2D eigenvalue weighted by molar-refractivity contribution is 0.187. The number of nitrogens with one attached hydrogen (secondary N) is 1. The van der Waals surface area contributed by atoms with Crippen LogP contribution in [0.1, 0.15) is 36.9 Å². The maximum absolute atomic E-state index is 14.5. The molecule has 0 radical (unpaired) electrons. The van der Waals surface area contributed by atoms with Gasteiger partial charge >= 0.3 is 6.01 Å². The monoisotopic (exact) mass is 509 g/mol. The molecule has 3 aliphatic rings. The SMILES string of the molecule is COc1c(F)cccc1N1CCCc2c(nc(OC[C@@H]3CCCN3C)nc2N2CCNC(CC#N)C2)C1. The molecule has 5 rings (SSSR count). The number of para-hydroxylation sites is 1. The summed E-state index contributed by atoms with van der Waals surface area (Å²) in [6.45, 7) is 5.20. The molecule has 1 N–H and O–H groups in total. The topological polar surface area (TPSA) is 89.8 Å². The van der Waals surface area contributed by atoms with Gasteiger partial charge in [-0.05, 0) is 51.4 Å². The number of hydrogen-bond acceptors (Lipinski definition) is 9. The number of ether oxygens (including phenoxy) is 2. The van der Waals surface area contributed by atoms with Crippen LogP contribution < -0.4 is 24.6 Å².